The molecule has 7 nitrogen and oxygen atoms in total. The molecule has 0 N–H and O–H groups in total. The van der Waals surface area contributed by atoms with Crippen molar-refractivity contribution in [1.29, 1.82) is 0 Å². The molecule has 6 heterocycles. The molecule has 0 aliphatic rings. The van der Waals surface area contributed by atoms with Crippen molar-refractivity contribution in [3.63, 3.8) is 0 Å². The van der Waals surface area contributed by atoms with Crippen LogP contribution < -0.4 is 32.8 Å². The molecule has 14 aromatic rings. The third-order valence-corrected chi connectivity index (χ3v) is 13.9. The quantitative estimate of drug-likeness (QED) is 0.107. The summed E-state index contributed by atoms with van der Waals surface area (Å²) >= 11 is 0. The van der Waals surface area contributed by atoms with Crippen LogP contribution in [0.1, 0.15) is 0 Å². The van der Waals surface area contributed by atoms with Gasteiger partial charge >= 0.3 is 42.1 Å². The van der Waals surface area contributed by atoms with E-state index in [2.05, 4.69) is 208 Å². The molecule has 0 amide bonds. The molecule has 0 atom stereocenters. The number of rotatable bonds is 9. The fourth-order valence-corrected chi connectivity index (χ4v) is 10.8. The summed E-state index contributed by atoms with van der Waals surface area (Å²) in [4.78, 5) is 19.4. The predicted molar refractivity (Wildman–Crippen MR) is 291 cm³/mol. The summed E-state index contributed by atoms with van der Waals surface area (Å²) in [5, 5.41) is 6.62. The first-order chi connectivity index (χ1) is 35.2. The molecular formula is C62H37B2N7Pt2. The standard InChI is InChI=1S/C62H37B2N7.2Pt/c1-3-16-42(17-4-1)63(44-26-30-50-48-20-7-9-22-54(48)69(56(50)38-44)60-24-11-13-34-65-60)46-28-32-52-53-33-29-47(41-59(53)71(58(52)40-46)62-67-36-15-37-68-62)64(43-18-5-2-6-19-43)45-27-31-51-49-21-8-10-23-55(49)70(57(51)39-45)61-25-12-14-35-66-61;;/h1-37H;;/q-4;2*+2. The van der Waals surface area contributed by atoms with Crippen molar-refractivity contribution in [3.8, 4) is 17.6 Å². The summed E-state index contributed by atoms with van der Waals surface area (Å²) in [7, 11) is 0. The van der Waals surface area contributed by atoms with Gasteiger partial charge in [0.05, 0.1) is 0 Å². The molecule has 73 heavy (non-hydrogen) atoms. The van der Waals surface area contributed by atoms with Crippen molar-refractivity contribution in [3.05, 3.63) is 249 Å². The Bertz CT molecular complexity index is 4040. The molecule has 11 heteroatoms. The maximum absolute atomic E-state index is 4.87. The maximum atomic E-state index is 4.87. The third kappa shape index (κ3) is 7.78. The normalized spacial score (nSPS) is 11.3. The van der Waals surface area contributed by atoms with Crippen molar-refractivity contribution >= 4 is 112 Å². The Morgan fingerprint density at radius 1 is 0.288 bits per heavy atom. The Morgan fingerprint density at radius 2 is 0.630 bits per heavy atom. The molecule has 6 aromatic heterocycles. The van der Waals surface area contributed by atoms with E-state index in [0.717, 1.165) is 110 Å². The van der Waals surface area contributed by atoms with Gasteiger partial charge in [-0.05, 0) is 53.2 Å². The number of nitrogens with zero attached hydrogens (tertiary/aromatic N) is 7. The van der Waals surface area contributed by atoms with E-state index in [-0.39, 0.29) is 55.6 Å². The van der Waals surface area contributed by atoms with Crippen LogP contribution in [0.5, 0.6) is 0 Å². The Labute approximate surface area is 450 Å². The molecule has 8 aromatic carbocycles. The number of pyridine rings is 2. The van der Waals surface area contributed by atoms with E-state index >= 15 is 0 Å². The van der Waals surface area contributed by atoms with E-state index < -0.39 is 0 Å². The Kier molecular flexibility index (Phi) is 12.2. The minimum Gasteiger partial charge on any atom is -0.328 e. The van der Waals surface area contributed by atoms with Gasteiger partial charge in [0.15, 0.2) is 13.4 Å². The van der Waals surface area contributed by atoms with Gasteiger partial charge in [-0.15, -0.1) is 10.8 Å². The van der Waals surface area contributed by atoms with Gasteiger partial charge in [0.2, 0.25) is 5.95 Å². The minimum atomic E-state index is -0.211. The van der Waals surface area contributed by atoms with Crippen molar-refractivity contribution in [2.24, 2.45) is 0 Å². The van der Waals surface area contributed by atoms with E-state index in [4.69, 9.17) is 19.9 Å². The fourth-order valence-electron chi connectivity index (χ4n) is 10.8. The molecule has 346 valence electrons. The van der Waals surface area contributed by atoms with E-state index in [9.17, 15) is 0 Å². The molecule has 0 aliphatic heterocycles. The molecule has 14 rings (SSSR count). The summed E-state index contributed by atoms with van der Waals surface area (Å²) in [5.41, 5.74) is 12.1. The van der Waals surface area contributed by atoms with Gasteiger partial charge in [0.25, 0.3) is 0 Å². The second-order valence-electron chi connectivity index (χ2n) is 17.9. The Morgan fingerprint density at radius 3 is 1.03 bits per heavy atom. The van der Waals surface area contributed by atoms with Crippen molar-refractivity contribution in [1.82, 2.24) is 33.6 Å². The predicted octanol–water partition coefficient (Wildman–Crippen LogP) is 8.79. The average Bonchev–Trinajstić information content (AvgIpc) is 4.07. The van der Waals surface area contributed by atoms with Crippen molar-refractivity contribution < 1.29 is 42.1 Å². The SMILES string of the molecule is [Pt+2].[Pt+2].[c-]1c(B(c2[c-]c3c(cc2)c2ccccc2n3-c2ccccn2)c2ccccc2)ccc2c3ccc(B(c4[c-]c5c(cc4)c4ccccc4n5-c4ccccn4)c4ccccc4)[c-]c3n(-c3ncccn3)c12. The van der Waals surface area contributed by atoms with E-state index in [1.807, 2.05) is 42.7 Å². The van der Waals surface area contributed by atoms with Crippen LogP contribution in [0.4, 0.5) is 0 Å². The van der Waals surface area contributed by atoms with Crippen LogP contribution in [0.2, 0.25) is 0 Å². The van der Waals surface area contributed by atoms with Crippen LogP contribution >= 0.6 is 0 Å². The van der Waals surface area contributed by atoms with Crippen molar-refractivity contribution in [2.75, 3.05) is 0 Å². The monoisotopic (exact) mass is 1290 g/mol. The van der Waals surface area contributed by atoms with E-state index in [1.165, 1.54) is 0 Å². The summed E-state index contributed by atoms with van der Waals surface area (Å²) in [5.74, 6) is 2.24. The first-order valence-electron chi connectivity index (χ1n) is 23.8. The van der Waals surface area contributed by atoms with Crippen molar-refractivity contribution in [2.45, 2.75) is 0 Å². The number of hydrogen-bond donors (Lipinski definition) is 0. The van der Waals surface area contributed by atoms with E-state index in [0.29, 0.717) is 5.95 Å². The van der Waals surface area contributed by atoms with Crippen LogP contribution in [-0.2, 0) is 42.1 Å². The van der Waals surface area contributed by atoms with Gasteiger partial charge in [-0.2, -0.15) is 105 Å². The first kappa shape index (κ1) is 46.1. The molecule has 0 saturated carbocycles. The summed E-state index contributed by atoms with van der Waals surface area (Å²) in [6, 6.07) is 85.9. The molecular weight excluding hydrogens is 1250 g/mol. The molecule has 0 aliphatic carbocycles. The van der Waals surface area contributed by atoms with Gasteiger partial charge in [0, 0.05) is 35.8 Å². The number of aromatic nitrogens is 7. The van der Waals surface area contributed by atoms with Gasteiger partial charge in [-0.1, -0.05) is 142 Å². The van der Waals surface area contributed by atoms with Crippen LogP contribution in [0.15, 0.2) is 225 Å². The second-order valence-corrected chi connectivity index (χ2v) is 17.9. The Hall–Kier alpha value is -7.95. The smallest absolute Gasteiger partial charge is 0.328 e. The van der Waals surface area contributed by atoms with Crippen LogP contribution in [0.25, 0.3) is 83.0 Å². The zero-order valence-electron chi connectivity index (χ0n) is 38.8. The topological polar surface area (TPSA) is 66.3 Å². The fraction of sp³-hybridized carbons (Fsp3) is 0. The van der Waals surface area contributed by atoms with Gasteiger partial charge < -0.3 is 13.7 Å². The zero-order chi connectivity index (χ0) is 46.8. The molecule has 0 bridgehead atoms. The first-order valence-corrected chi connectivity index (χ1v) is 23.8. The summed E-state index contributed by atoms with van der Waals surface area (Å²) in [6.45, 7) is -0.421. The van der Waals surface area contributed by atoms with Crippen LogP contribution in [-0.4, -0.2) is 47.1 Å². The largest absolute Gasteiger partial charge is 2.00 e. The van der Waals surface area contributed by atoms with Gasteiger partial charge in [-0.25, -0.2) is 19.9 Å². The average molecular weight is 1290 g/mol. The second kappa shape index (κ2) is 19.2. The number of benzene rings is 8. The number of fused-ring (bicyclic) bond motifs is 9. The minimum absolute atomic E-state index is 0. The van der Waals surface area contributed by atoms with E-state index in [1.54, 1.807) is 12.4 Å². The maximum Gasteiger partial charge on any atom is 2.00 e. The molecule has 0 unspecified atom stereocenters. The third-order valence-electron chi connectivity index (χ3n) is 13.9. The summed E-state index contributed by atoms with van der Waals surface area (Å²) < 4.78 is 6.57. The zero-order valence-corrected chi connectivity index (χ0v) is 43.3. The molecule has 0 saturated heterocycles. The van der Waals surface area contributed by atoms with Crippen LogP contribution in [0.3, 0.4) is 0 Å². The molecule has 0 fully saturated rings. The van der Waals surface area contributed by atoms with Crippen LogP contribution in [0, 0.1) is 24.3 Å². The molecule has 0 radical (unpaired) electrons. The van der Waals surface area contributed by atoms with Gasteiger partial charge in [0.1, 0.15) is 11.6 Å². The number of para-hydroxylation sites is 2. The van der Waals surface area contributed by atoms with Gasteiger partial charge in [-0.3, -0.25) is 0 Å². The summed E-state index contributed by atoms with van der Waals surface area (Å²) in [6.07, 6.45) is 7.28. The Balaban J connectivity index is 0.00000271. The molecule has 0 spiro atoms. The number of hydrogen-bond acceptors (Lipinski definition) is 4.